The van der Waals surface area contributed by atoms with Gasteiger partial charge in [-0.1, -0.05) is 0 Å². The summed E-state index contributed by atoms with van der Waals surface area (Å²) in [6.07, 6.45) is -3.95. The number of rotatable bonds is 4. The number of nitrogens with zero attached hydrogens (tertiary/aromatic N) is 1. The Hall–Kier alpha value is -1.13. The van der Waals surface area contributed by atoms with Crippen molar-refractivity contribution in [2.24, 2.45) is 0 Å². The summed E-state index contributed by atoms with van der Waals surface area (Å²) in [7, 11) is -2.62. The van der Waals surface area contributed by atoms with Gasteiger partial charge in [-0.2, -0.15) is 0 Å². The van der Waals surface area contributed by atoms with E-state index in [4.69, 9.17) is 14.5 Å². The second kappa shape index (κ2) is 6.10. The highest BCUT2D eigenvalue weighted by molar-refractivity contribution is 7.39. The van der Waals surface area contributed by atoms with Gasteiger partial charge in [0.15, 0.2) is 6.23 Å². The maximum atomic E-state index is 11.6. The summed E-state index contributed by atoms with van der Waals surface area (Å²) in [5.41, 5.74) is -1.41. The molecule has 1 fully saturated rings. The highest BCUT2D eigenvalue weighted by Gasteiger charge is 2.44. The third-order valence-corrected chi connectivity index (χ3v) is 3.20. The Morgan fingerprint density at radius 3 is 2.65 bits per heavy atom. The van der Waals surface area contributed by atoms with Gasteiger partial charge < -0.3 is 29.3 Å². The fourth-order valence-electron chi connectivity index (χ4n) is 1.86. The molecule has 1 aromatic rings. The van der Waals surface area contributed by atoms with Crippen LogP contribution < -0.4 is 11.2 Å². The first-order chi connectivity index (χ1) is 9.40. The van der Waals surface area contributed by atoms with Crippen LogP contribution in [0.25, 0.3) is 0 Å². The van der Waals surface area contributed by atoms with Crippen molar-refractivity contribution in [2.75, 3.05) is 6.61 Å². The Kier molecular flexibility index (Phi) is 4.66. The first kappa shape index (κ1) is 15.3. The number of ether oxygens (including phenoxy) is 1. The molecule has 2 heterocycles. The zero-order chi connectivity index (χ0) is 14.9. The van der Waals surface area contributed by atoms with Crippen molar-refractivity contribution in [3.63, 3.8) is 0 Å². The van der Waals surface area contributed by atoms with Crippen molar-refractivity contribution < 1.29 is 29.3 Å². The van der Waals surface area contributed by atoms with Gasteiger partial charge in [-0.05, 0) is 0 Å². The maximum Gasteiger partial charge on any atom is 0.330 e. The molecule has 0 spiro atoms. The first-order valence-electron chi connectivity index (χ1n) is 5.54. The molecule has 112 valence electrons. The van der Waals surface area contributed by atoms with Crippen LogP contribution in [0.2, 0.25) is 0 Å². The lowest BCUT2D eigenvalue weighted by molar-refractivity contribution is -0.0526. The van der Waals surface area contributed by atoms with Crippen molar-refractivity contribution in [3.05, 3.63) is 33.1 Å². The summed E-state index contributed by atoms with van der Waals surface area (Å²) >= 11 is 0. The molecule has 0 radical (unpaired) electrons. The first-order valence-corrected chi connectivity index (χ1v) is 6.70. The molecule has 1 saturated heterocycles. The number of aliphatic hydroxyl groups excluding tert-OH is 2. The van der Waals surface area contributed by atoms with E-state index in [0.717, 1.165) is 16.8 Å². The number of H-pyrrole nitrogens is 1. The van der Waals surface area contributed by atoms with E-state index in [9.17, 15) is 19.8 Å². The standard InChI is InChI=1S/C9H13N2O8P/c12-5-1-2-11(9(15)10-5)8-7(14)6(13)4(19-8)3-18-20(16)17/h1-2,4,6-8,13-14,16-17H,3H2,(H,10,12,15). The smallest absolute Gasteiger partial charge is 0.330 e. The normalized spacial score (nSPS) is 30.1. The molecule has 2 rings (SSSR count). The number of hydrogen-bond donors (Lipinski definition) is 5. The van der Waals surface area contributed by atoms with Gasteiger partial charge in [0.2, 0.25) is 0 Å². The minimum atomic E-state index is -2.62. The third-order valence-electron chi connectivity index (χ3n) is 2.82. The minimum absolute atomic E-state index is 0.370. The van der Waals surface area contributed by atoms with E-state index in [1.54, 1.807) is 0 Å². The fraction of sp³-hybridized carbons (Fsp3) is 0.556. The molecule has 4 atom stereocenters. The molecule has 0 saturated carbocycles. The van der Waals surface area contributed by atoms with E-state index in [1.807, 2.05) is 4.98 Å². The zero-order valence-electron chi connectivity index (χ0n) is 9.99. The summed E-state index contributed by atoms with van der Waals surface area (Å²) in [6, 6.07) is 1.06. The van der Waals surface area contributed by atoms with Crippen LogP contribution in [0.5, 0.6) is 0 Å². The lowest BCUT2D eigenvalue weighted by Gasteiger charge is -2.16. The van der Waals surface area contributed by atoms with Gasteiger partial charge in [0.25, 0.3) is 5.56 Å². The SMILES string of the molecule is O=c1ccn(C2OC(COP(O)O)C(O)C2O)c(=O)[nH]1. The molecule has 1 aliphatic heterocycles. The van der Waals surface area contributed by atoms with Crippen LogP contribution in [-0.4, -0.2) is 54.5 Å². The van der Waals surface area contributed by atoms with Crippen molar-refractivity contribution in [1.29, 1.82) is 0 Å². The van der Waals surface area contributed by atoms with E-state index in [0.29, 0.717) is 0 Å². The zero-order valence-corrected chi connectivity index (χ0v) is 10.9. The summed E-state index contributed by atoms with van der Waals surface area (Å²) in [4.78, 5) is 41.8. The number of aromatic nitrogens is 2. The van der Waals surface area contributed by atoms with Gasteiger partial charge in [0.1, 0.15) is 18.3 Å². The summed E-state index contributed by atoms with van der Waals surface area (Å²) < 4.78 is 10.7. The number of hydrogen-bond acceptors (Lipinski definition) is 8. The topological polar surface area (TPSA) is 154 Å². The van der Waals surface area contributed by atoms with Crippen molar-refractivity contribution in [3.8, 4) is 0 Å². The summed E-state index contributed by atoms with van der Waals surface area (Å²) in [5.74, 6) is 0. The maximum absolute atomic E-state index is 11.6. The van der Waals surface area contributed by atoms with Gasteiger partial charge in [-0.25, -0.2) is 4.79 Å². The molecule has 4 unspecified atom stereocenters. The molecule has 0 aromatic carbocycles. The number of nitrogens with one attached hydrogen (secondary N) is 1. The second-order valence-corrected chi connectivity index (χ2v) is 4.88. The Morgan fingerprint density at radius 1 is 1.35 bits per heavy atom. The van der Waals surface area contributed by atoms with Gasteiger partial charge in [0.05, 0.1) is 6.61 Å². The summed E-state index contributed by atoms with van der Waals surface area (Å²) in [5, 5.41) is 19.6. The van der Waals surface area contributed by atoms with Crippen LogP contribution in [0, 0.1) is 0 Å². The number of aromatic amines is 1. The van der Waals surface area contributed by atoms with Crippen LogP contribution in [0.4, 0.5) is 0 Å². The molecule has 10 nitrogen and oxygen atoms in total. The molecule has 0 amide bonds. The van der Waals surface area contributed by atoms with Gasteiger partial charge in [-0.15, -0.1) is 0 Å². The van der Waals surface area contributed by atoms with E-state index in [1.165, 1.54) is 0 Å². The van der Waals surface area contributed by atoms with Gasteiger partial charge >= 0.3 is 14.3 Å². The van der Waals surface area contributed by atoms with Crippen LogP contribution in [-0.2, 0) is 9.26 Å². The van der Waals surface area contributed by atoms with E-state index < -0.39 is 44.4 Å². The molecule has 1 aliphatic rings. The molecule has 1 aromatic heterocycles. The molecule has 20 heavy (non-hydrogen) atoms. The van der Waals surface area contributed by atoms with Gasteiger partial charge in [-0.3, -0.25) is 14.3 Å². The predicted octanol–water partition coefficient (Wildman–Crippen LogP) is -2.62. The summed E-state index contributed by atoms with van der Waals surface area (Å²) in [6.45, 7) is -0.370. The van der Waals surface area contributed by atoms with Crippen LogP contribution in [0.15, 0.2) is 21.9 Å². The van der Waals surface area contributed by atoms with Crippen molar-refractivity contribution in [2.45, 2.75) is 24.5 Å². The minimum Gasteiger partial charge on any atom is -0.387 e. The fourth-order valence-corrected chi connectivity index (χ4v) is 2.14. The highest BCUT2D eigenvalue weighted by Crippen LogP contribution is 2.31. The van der Waals surface area contributed by atoms with E-state index >= 15 is 0 Å². The highest BCUT2D eigenvalue weighted by atomic mass is 31.2. The third kappa shape index (κ3) is 3.13. The Labute approximate surface area is 112 Å². The largest absolute Gasteiger partial charge is 0.387 e. The molecule has 11 heteroatoms. The van der Waals surface area contributed by atoms with Crippen molar-refractivity contribution >= 4 is 8.60 Å². The molecular weight excluding hydrogens is 295 g/mol. The molecule has 5 N–H and O–H groups in total. The monoisotopic (exact) mass is 308 g/mol. The lowest BCUT2D eigenvalue weighted by Crippen LogP contribution is -2.37. The van der Waals surface area contributed by atoms with E-state index in [2.05, 4.69) is 4.52 Å². The average Bonchev–Trinajstić information content (AvgIpc) is 2.64. The molecule has 0 aliphatic carbocycles. The molecule has 0 bridgehead atoms. The molecular formula is C9H13N2O8P. The van der Waals surface area contributed by atoms with E-state index in [-0.39, 0.29) is 6.61 Å². The Bertz CT molecular complexity index is 572. The van der Waals surface area contributed by atoms with Crippen LogP contribution in [0.1, 0.15) is 6.23 Å². The van der Waals surface area contributed by atoms with Crippen molar-refractivity contribution in [1.82, 2.24) is 9.55 Å². The average molecular weight is 308 g/mol. The number of aliphatic hydroxyl groups is 2. The lowest BCUT2D eigenvalue weighted by atomic mass is 10.1. The Balaban J connectivity index is 2.17. The predicted molar refractivity (Wildman–Crippen MR) is 64.6 cm³/mol. The van der Waals surface area contributed by atoms with Gasteiger partial charge in [0, 0.05) is 12.3 Å². The quantitative estimate of drug-likeness (QED) is 0.379. The van der Waals surface area contributed by atoms with Crippen LogP contribution in [0.3, 0.4) is 0 Å². The van der Waals surface area contributed by atoms with Crippen LogP contribution >= 0.6 is 8.60 Å². The second-order valence-electron chi connectivity index (χ2n) is 4.11. The Morgan fingerprint density at radius 2 is 2.05 bits per heavy atom.